The van der Waals surface area contributed by atoms with Gasteiger partial charge in [-0.1, -0.05) is 11.6 Å². The number of rotatable bonds is 4. The Balaban J connectivity index is 1.46. The Kier molecular flexibility index (Phi) is 5.07. The van der Waals surface area contributed by atoms with Crippen molar-refractivity contribution < 1.29 is 26.7 Å². The molecule has 3 atom stereocenters. The number of alkyl halides is 3. The predicted octanol–water partition coefficient (Wildman–Crippen LogP) is 4.48. The summed E-state index contributed by atoms with van der Waals surface area (Å²) in [6, 6.07) is 1.47. The Morgan fingerprint density at radius 2 is 2.00 bits per heavy atom. The molecule has 2 aliphatic rings. The first-order valence-electron chi connectivity index (χ1n) is 9.98. The highest BCUT2D eigenvalue weighted by Crippen LogP contribution is 2.42. The SMILES string of the molecule is O=C(Nc1c(Cl)nn2ccc(N3C[C@@H](F)C[C@@H]3c3cc(F)ccc3F)nc12)NC1CC1(F)F. The Labute approximate surface area is 188 Å². The van der Waals surface area contributed by atoms with Crippen LogP contribution in [0.15, 0.2) is 30.5 Å². The lowest BCUT2D eigenvalue weighted by Gasteiger charge is -2.26. The van der Waals surface area contributed by atoms with Gasteiger partial charge in [0.25, 0.3) is 5.92 Å². The molecule has 2 fully saturated rings. The molecule has 0 bridgehead atoms. The van der Waals surface area contributed by atoms with Gasteiger partial charge in [-0.25, -0.2) is 36.2 Å². The van der Waals surface area contributed by atoms with Crippen LogP contribution in [0.1, 0.15) is 24.4 Å². The molecule has 1 unspecified atom stereocenters. The van der Waals surface area contributed by atoms with Crippen molar-refractivity contribution in [1.29, 1.82) is 0 Å². The van der Waals surface area contributed by atoms with Crippen molar-refractivity contribution >= 4 is 34.8 Å². The normalized spacial score (nSPS) is 23.7. The molecule has 3 heterocycles. The average Bonchev–Trinajstić information content (AvgIpc) is 3.05. The van der Waals surface area contributed by atoms with Crippen LogP contribution in [0, 0.1) is 11.6 Å². The van der Waals surface area contributed by atoms with Crippen LogP contribution < -0.4 is 15.5 Å². The van der Waals surface area contributed by atoms with E-state index in [4.69, 9.17) is 11.6 Å². The minimum Gasteiger partial charge on any atom is -0.346 e. The minimum atomic E-state index is -2.95. The number of urea groups is 1. The van der Waals surface area contributed by atoms with E-state index in [2.05, 4.69) is 20.7 Å². The van der Waals surface area contributed by atoms with Gasteiger partial charge in [0.05, 0.1) is 12.6 Å². The molecule has 3 aromatic rings. The highest BCUT2D eigenvalue weighted by Gasteiger charge is 2.58. The lowest BCUT2D eigenvalue weighted by Crippen LogP contribution is -2.33. The van der Waals surface area contributed by atoms with E-state index in [1.54, 1.807) is 0 Å². The standard InChI is InChI=1S/C20H16ClF5N6O/c21-17-16(29-19(33)27-14-7-20(14,25)26)18-28-15(3-4-32(18)30-17)31-8-10(23)6-13(31)11-5-9(22)1-2-12(11)24/h1-5,10,13-14H,6-8H2,(H2,27,29,33)/t10-,13+,14?/m0/s1. The first-order chi connectivity index (χ1) is 15.6. The van der Waals surface area contributed by atoms with Gasteiger partial charge in [0.2, 0.25) is 0 Å². The highest BCUT2D eigenvalue weighted by atomic mass is 35.5. The molecular weight excluding hydrogens is 471 g/mol. The van der Waals surface area contributed by atoms with Gasteiger partial charge in [0, 0.05) is 24.6 Å². The fourth-order valence-corrected chi connectivity index (χ4v) is 4.15. The Bertz CT molecular complexity index is 1250. The van der Waals surface area contributed by atoms with Crippen LogP contribution in [0.25, 0.3) is 5.65 Å². The molecule has 7 nitrogen and oxygen atoms in total. The summed E-state index contributed by atoms with van der Waals surface area (Å²) < 4.78 is 69.9. The number of amides is 2. The van der Waals surface area contributed by atoms with Crippen molar-refractivity contribution in [2.75, 3.05) is 16.8 Å². The quantitative estimate of drug-likeness (QED) is 0.533. The van der Waals surface area contributed by atoms with Crippen LogP contribution >= 0.6 is 11.6 Å². The summed E-state index contributed by atoms with van der Waals surface area (Å²) in [5.41, 5.74) is 0.0203. The second kappa shape index (κ2) is 7.72. The third-order valence-electron chi connectivity index (χ3n) is 5.66. The zero-order chi connectivity index (χ0) is 23.5. The molecule has 0 radical (unpaired) electrons. The molecule has 1 aliphatic heterocycles. The summed E-state index contributed by atoms with van der Waals surface area (Å²) in [6.45, 7) is -0.119. The van der Waals surface area contributed by atoms with Gasteiger partial charge in [-0.2, -0.15) is 5.10 Å². The van der Waals surface area contributed by atoms with E-state index in [0.717, 1.165) is 18.2 Å². The number of benzene rings is 1. The van der Waals surface area contributed by atoms with Crippen LogP contribution in [0.4, 0.5) is 38.3 Å². The summed E-state index contributed by atoms with van der Waals surface area (Å²) in [4.78, 5) is 18.0. The number of nitrogens with zero attached hydrogens (tertiary/aromatic N) is 4. The largest absolute Gasteiger partial charge is 0.346 e. The van der Waals surface area contributed by atoms with Crippen LogP contribution in [0.2, 0.25) is 5.15 Å². The number of anilines is 2. The maximum atomic E-state index is 14.4. The first kappa shape index (κ1) is 21.7. The second-order valence-electron chi connectivity index (χ2n) is 8.00. The first-order valence-corrected chi connectivity index (χ1v) is 10.4. The molecule has 1 aliphatic carbocycles. The van der Waals surface area contributed by atoms with E-state index in [1.807, 2.05) is 0 Å². The fraction of sp³-hybridized carbons (Fsp3) is 0.350. The van der Waals surface area contributed by atoms with E-state index < -0.39 is 48.3 Å². The molecule has 13 heteroatoms. The van der Waals surface area contributed by atoms with Crippen LogP contribution in [0.3, 0.4) is 0 Å². The van der Waals surface area contributed by atoms with Gasteiger partial charge >= 0.3 is 6.03 Å². The summed E-state index contributed by atoms with van der Waals surface area (Å²) in [5, 5.41) is 8.35. The topological polar surface area (TPSA) is 74.6 Å². The molecule has 1 aromatic carbocycles. The van der Waals surface area contributed by atoms with Crippen molar-refractivity contribution in [2.24, 2.45) is 0 Å². The van der Waals surface area contributed by atoms with Crippen molar-refractivity contribution in [3.8, 4) is 0 Å². The Hall–Kier alpha value is -3.15. The number of nitrogens with one attached hydrogen (secondary N) is 2. The molecule has 1 saturated heterocycles. The number of fused-ring (bicyclic) bond motifs is 1. The molecule has 2 amide bonds. The summed E-state index contributed by atoms with van der Waals surface area (Å²) in [5.74, 6) is -4.07. The van der Waals surface area contributed by atoms with Crippen molar-refractivity contribution in [1.82, 2.24) is 19.9 Å². The number of carbonyl (C=O) groups is 1. The highest BCUT2D eigenvalue weighted by molar-refractivity contribution is 6.33. The summed E-state index contributed by atoms with van der Waals surface area (Å²) in [7, 11) is 0. The second-order valence-corrected chi connectivity index (χ2v) is 8.36. The smallest absolute Gasteiger partial charge is 0.319 e. The Morgan fingerprint density at radius 1 is 1.24 bits per heavy atom. The van der Waals surface area contributed by atoms with Crippen LogP contribution in [0.5, 0.6) is 0 Å². The van der Waals surface area contributed by atoms with E-state index >= 15 is 0 Å². The van der Waals surface area contributed by atoms with E-state index in [9.17, 15) is 26.7 Å². The molecule has 0 spiro atoms. The maximum Gasteiger partial charge on any atom is 0.319 e. The van der Waals surface area contributed by atoms with Gasteiger partial charge in [-0.3, -0.25) is 0 Å². The van der Waals surface area contributed by atoms with Crippen molar-refractivity contribution in [3.63, 3.8) is 0 Å². The molecule has 2 N–H and O–H groups in total. The lowest BCUT2D eigenvalue weighted by molar-refractivity contribution is 0.108. The van der Waals surface area contributed by atoms with Gasteiger partial charge < -0.3 is 15.5 Å². The average molecular weight is 487 g/mol. The minimum absolute atomic E-state index is 0.00792. The van der Waals surface area contributed by atoms with Gasteiger partial charge in [-0.05, 0) is 24.3 Å². The van der Waals surface area contributed by atoms with Crippen molar-refractivity contribution in [3.05, 3.63) is 52.8 Å². The molecule has 5 rings (SSSR count). The Morgan fingerprint density at radius 3 is 2.73 bits per heavy atom. The van der Waals surface area contributed by atoms with E-state index in [0.29, 0.717) is 0 Å². The zero-order valence-electron chi connectivity index (χ0n) is 16.7. The van der Waals surface area contributed by atoms with Gasteiger partial charge in [0.15, 0.2) is 10.8 Å². The number of aromatic nitrogens is 3. The molecule has 174 valence electrons. The third-order valence-corrected chi connectivity index (χ3v) is 5.92. The predicted molar refractivity (Wildman–Crippen MR) is 109 cm³/mol. The number of halogens is 6. The number of hydrogen-bond acceptors (Lipinski definition) is 4. The molecular formula is C20H16ClF5N6O. The van der Waals surface area contributed by atoms with E-state index in [1.165, 1.54) is 21.7 Å². The van der Waals surface area contributed by atoms with Gasteiger partial charge in [-0.15, -0.1) is 0 Å². The van der Waals surface area contributed by atoms with Crippen LogP contribution in [-0.2, 0) is 0 Å². The van der Waals surface area contributed by atoms with Crippen molar-refractivity contribution in [2.45, 2.75) is 37.0 Å². The maximum absolute atomic E-state index is 14.4. The summed E-state index contributed by atoms with van der Waals surface area (Å²) in [6.07, 6.45) is -0.390. The lowest BCUT2D eigenvalue weighted by atomic mass is 10.0. The molecule has 1 saturated carbocycles. The molecule has 2 aromatic heterocycles. The van der Waals surface area contributed by atoms with E-state index in [-0.39, 0.29) is 40.8 Å². The zero-order valence-corrected chi connectivity index (χ0v) is 17.5. The summed E-state index contributed by atoms with van der Waals surface area (Å²) >= 11 is 6.09. The van der Waals surface area contributed by atoms with Gasteiger partial charge in [0.1, 0.15) is 35.4 Å². The number of carbonyl (C=O) groups excluding carboxylic acids is 1. The third kappa shape index (κ3) is 4.03. The number of hydrogen-bond donors (Lipinski definition) is 2. The monoisotopic (exact) mass is 486 g/mol. The molecule has 33 heavy (non-hydrogen) atoms. The fourth-order valence-electron chi connectivity index (χ4n) is 3.94. The van der Waals surface area contributed by atoms with Crippen LogP contribution in [-0.4, -0.2) is 45.3 Å².